The van der Waals surface area contributed by atoms with Gasteiger partial charge in [0, 0.05) is 24.9 Å². The second-order valence-corrected chi connectivity index (χ2v) is 5.73. The molecule has 0 saturated carbocycles. The zero-order chi connectivity index (χ0) is 13.2. The summed E-state index contributed by atoms with van der Waals surface area (Å²) in [6.07, 6.45) is 4.41. The maximum atomic E-state index is 6.28. The number of nitrogens with two attached hydrogens (primary N) is 1. The number of aromatic nitrogens is 2. The minimum Gasteiger partial charge on any atom is -0.324 e. The van der Waals surface area contributed by atoms with Crippen LogP contribution in [0.15, 0.2) is 42.7 Å². The molecule has 3 nitrogen and oxygen atoms in total. The van der Waals surface area contributed by atoms with E-state index in [4.69, 9.17) is 5.73 Å². The lowest BCUT2D eigenvalue weighted by Gasteiger charge is -2.12. The van der Waals surface area contributed by atoms with Crippen LogP contribution in [0.25, 0.3) is 10.2 Å². The van der Waals surface area contributed by atoms with Crippen LogP contribution in [0, 0.1) is 6.92 Å². The van der Waals surface area contributed by atoms with Crippen LogP contribution in [-0.2, 0) is 6.42 Å². The quantitative estimate of drug-likeness (QED) is 0.794. The van der Waals surface area contributed by atoms with Gasteiger partial charge in [0.25, 0.3) is 0 Å². The zero-order valence-electron chi connectivity index (χ0n) is 10.7. The van der Waals surface area contributed by atoms with Gasteiger partial charge in [-0.15, -0.1) is 11.3 Å². The van der Waals surface area contributed by atoms with E-state index in [-0.39, 0.29) is 6.04 Å². The summed E-state index contributed by atoms with van der Waals surface area (Å²) in [5.41, 5.74) is 9.61. The average Bonchev–Trinajstić information content (AvgIpc) is 2.81. The van der Waals surface area contributed by atoms with E-state index in [1.165, 1.54) is 10.3 Å². The molecule has 0 radical (unpaired) electrons. The molecule has 2 heterocycles. The van der Waals surface area contributed by atoms with Crippen molar-refractivity contribution in [3.8, 4) is 0 Å². The summed E-state index contributed by atoms with van der Waals surface area (Å²) >= 11 is 1.71. The van der Waals surface area contributed by atoms with Crippen molar-refractivity contribution in [3.63, 3.8) is 0 Å². The van der Waals surface area contributed by atoms with Gasteiger partial charge >= 0.3 is 0 Å². The van der Waals surface area contributed by atoms with E-state index in [9.17, 15) is 0 Å². The molecule has 0 aliphatic carbocycles. The van der Waals surface area contributed by atoms with Crippen LogP contribution in [0.2, 0.25) is 0 Å². The fraction of sp³-hybridized carbons (Fsp3) is 0.200. The van der Waals surface area contributed by atoms with Gasteiger partial charge < -0.3 is 5.73 Å². The Kier molecular flexibility index (Phi) is 3.27. The van der Waals surface area contributed by atoms with Crippen molar-refractivity contribution in [1.82, 2.24) is 9.97 Å². The Hall–Kier alpha value is -1.78. The van der Waals surface area contributed by atoms with Crippen LogP contribution < -0.4 is 5.73 Å². The number of pyridine rings is 1. The van der Waals surface area contributed by atoms with Crippen molar-refractivity contribution in [1.29, 1.82) is 0 Å². The van der Waals surface area contributed by atoms with Gasteiger partial charge in [0.05, 0.1) is 15.2 Å². The summed E-state index contributed by atoms with van der Waals surface area (Å²) in [6, 6.07) is 10.1. The molecule has 3 rings (SSSR count). The molecular formula is C15H15N3S. The number of hydrogen-bond acceptors (Lipinski definition) is 4. The number of hydrogen-bond donors (Lipinski definition) is 1. The van der Waals surface area contributed by atoms with E-state index in [1.54, 1.807) is 17.5 Å². The van der Waals surface area contributed by atoms with E-state index in [1.807, 2.05) is 30.5 Å². The normalized spacial score (nSPS) is 12.7. The Morgan fingerprint density at radius 3 is 2.89 bits per heavy atom. The van der Waals surface area contributed by atoms with Crippen molar-refractivity contribution in [2.24, 2.45) is 5.73 Å². The standard InChI is InChI=1S/C15H15N3S/c1-10-6-7-17-9-11(10)12(16)8-15-18-13-4-2-3-5-14(13)19-15/h2-7,9,12H,8,16H2,1H3. The fourth-order valence-electron chi connectivity index (χ4n) is 2.17. The van der Waals surface area contributed by atoms with Crippen LogP contribution in [-0.4, -0.2) is 9.97 Å². The molecule has 0 spiro atoms. The van der Waals surface area contributed by atoms with E-state index in [0.717, 1.165) is 22.5 Å². The molecule has 19 heavy (non-hydrogen) atoms. The van der Waals surface area contributed by atoms with Crippen molar-refractivity contribution >= 4 is 21.6 Å². The lowest BCUT2D eigenvalue weighted by Crippen LogP contribution is -2.14. The first kappa shape index (κ1) is 12.3. The van der Waals surface area contributed by atoms with E-state index >= 15 is 0 Å². The summed E-state index contributed by atoms with van der Waals surface area (Å²) in [4.78, 5) is 8.78. The average molecular weight is 269 g/mol. The van der Waals surface area contributed by atoms with Gasteiger partial charge in [-0.3, -0.25) is 4.98 Å². The van der Waals surface area contributed by atoms with Crippen LogP contribution >= 0.6 is 11.3 Å². The highest BCUT2D eigenvalue weighted by molar-refractivity contribution is 7.18. The number of thiazole rings is 1. The number of rotatable bonds is 3. The molecular weight excluding hydrogens is 254 g/mol. The SMILES string of the molecule is Cc1ccncc1C(N)Cc1nc2ccccc2s1. The molecule has 0 saturated heterocycles. The number of nitrogens with zero attached hydrogens (tertiary/aromatic N) is 2. The number of aryl methyl sites for hydroxylation is 1. The Morgan fingerprint density at radius 2 is 2.11 bits per heavy atom. The number of benzene rings is 1. The number of para-hydroxylation sites is 1. The van der Waals surface area contributed by atoms with Crippen molar-refractivity contribution in [2.45, 2.75) is 19.4 Å². The Balaban J connectivity index is 1.86. The van der Waals surface area contributed by atoms with Crippen LogP contribution in [0.3, 0.4) is 0 Å². The van der Waals surface area contributed by atoms with Gasteiger partial charge in [0.15, 0.2) is 0 Å². The predicted octanol–water partition coefficient (Wildman–Crippen LogP) is 3.24. The summed E-state index contributed by atoms with van der Waals surface area (Å²) in [6.45, 7) is 2.06. The van der Waals surface area contributed by atoms with Crippen molar-refractivity contribution in [3.05, 3.63) is 58.9 Å². The number of fused-ring (bicyclic) bond motifs is 1. The Bertz CT molecular complexity index is 672. The van der Waals surface area contributed by atoms with Gasteiger partial charge in [-0.25, -0.2) is 4.98 Å². The van der Waals surface area contributed by atoms with Crippen molar-refractivity contribution in [2.75, 3.05) is 0 Å². The monoisotopic (exact) mass is 269 g/mol. The predicted molar refractivity (Wildman–Crippen MR) is 79.2 cm³/mol. The van der Waals surface area contributed by atoms with Gasteiger partial charge in [0.2, 0.25) is 0 Å². The van der Waals surface area contributed by atoms with Gasteiger partial charge in [-0.2, -0.15) is 0 Å². The molecule has 2 aromatic heterocycles. The van der Waals surface area contributed by atoms with Crippen LogP contribution in [0.5, 0.6) is 0 Å². The van der Waals surface area contributed by atoms with E-state index < -0.39 is 0 Å². The van der Waals surface area contributed by atoms with Crippen LogP contribution in [0.4, 0.5) is 0 Å². The van der Waals surface area contributed by atoms with Crippen molar-refractivity contribution < 1.29 is 0 Å². The smallest absolute Gasteiger partial charge is 0.0957 e. The zero-order valence-corrected chi connectivity index (χ0v) is 11.5. The maximum absolute atomic E-state index is 6.28. The third-order valence-corrected chi connectivity index (χ3v) is 4.27. The molecule has 0 aliphatic heterocycles. The molecule has 96 valence electrons. The highest BCUT2D eigenvalue weighted by Crippen LogP contribution is 2.25. The first-order chi connectivity index (χ1) is 9.24. The fourth-order valence-corrected chi connectivity index (χ4v) is 3.20. The molecule has 4 heteroatoms. The summed E-state index contributed by atoms with van der Waals surface area (Å²) in [7, 11) is 0. The molecule has 0 amide bonds. The highest BCUT2D eigenvalue weighted by atomic mass is 32.1. The highest BCUT2D eigenvalue weighted by Gasteiger charge is 2.12. The van der Waals surface area contributed by atoms with Gasteiger partial charge in [-0.05, 0) is 36.2 Å². The molecule has 3 aromatic rings. The first-order valence-corrected chi connectivity index (χ1v) is 7.06. The van der Waals surface area contributed by atoms with Gasteiger partial charge in [0.1, 0.15) is 0 Å². The molecule has 2 N–H and O–H groups in total. The minimum absolute atomic E-state index is 0.0470. The van der Waals surface area contributed by atoms with E-state index in [0.29, 0.717) is 0 Å². The largest absolute Gasteiger partial charge is 0.324 e. The molecule has 1 atom stereocenters. The van der Waals surface area contributed by atoms with Crippen LogP contribution in [0.1, 0.15) is 22.2 Å². The Morgan fingerprint density at radius 1 is 1.26 bits per heavy atom. The first-order valence-electron chi connectivity index (χ1n) is 6.24. The van der Waals surface area contributed by atoms with Gasteiger partial charge in [-0.1, -0.05) is 12.1 Å². The maximum Gasteiger partial charge on any atom is 0.0957 e. The second kappa shape index (κ2) is 5.07. The lowest BCUT2D eigenvalue weighted by molar-refractivity contribution is 0.710. The second-order valence-electron chi connectivity index (χ2n) is 4.62. The minimum atomic E-state index is -0.0470. The third kappa shape index (κ3) is 2.50. The summed E-state index contributed by atoms with van der Waals surface area (Å²) in [5, 5.41) is 1.08. The molecule has 0 fully saturated rings. The molecule has 1 aromatic carbocycles. The molecule has 0 bridgehead atoms. The molecule has 0 aliphatic rings. The topological polar surface area (TPSA) is 51.8 Å². The lowest BCUT2D eigenvalue weighted by atomic mass is 10.0. The summed E-state index contributed by atoms with van der Waals surface area (Å²) < 4.78 is 1.22. The van der Waals surface area contributed by atoms with E-state index in [2.05, 4.69) is 23.0 Å². The molecule has 1 unspecified atom stereocenters. The summed E-state index contributed by atoms with van der Waals surface area (Å²) in [5.74, 6) is 0. The third-order valence-electron chi connectivity index (χ3n) is 3.21. The Labute approximate surface area is 116 Å².